The van der Waals surface area contributed by atoms with Gasteiger partial charge in [-0.15, -0.1) is 0 Å². The average molecular weight is 536 g/mol. The maximum absolute atomic E-state index is 13.3. The van der Waals surface area contributed by atoms with Crippen LogP contribution in [0.15, 0.2) is 109 Å². The summed E-state index contributed by atoms with van der Waals surface area (Å²) in [5, 5.41) is 9.20. The van der Waals surface area contributed by atoms with Gasteiger partial charge in [-0.2, -0.15) is 0 Å². The number of halogens is 1. The summed E-state index contributed by atoms with van der Waals surface area (Å²) in [4.78, 5) is 19.5. The van der Waals surface area contributed by atoms with E-state index in [4.69, 9.17) is 12.2 Å². The number of hydrogen-bond acceptors (Lipinski definition) is 3. The summed E-state index contributed by atoms with van der Waals surface area (Å²) in [7, 11) is 0. The molecule has 0 saturated carbocycles. The van der Waals surface area contributed by atoms with Crippen LogP contribution in [0.25, 0.3) is 16.5 Å². The lowest BCUT2D eigenvalue weighted by atomic mass is 10.0. The van der Waals surface area contributed by atoms with E-state index >= 15 is 0 Å². The number of pyridine rings is 1. The molecule has 8 heteroatoms. The van der Waals surface area contributed by atoms with Crippen molar-refractivity contribution >= 4 is 39.7 Å². The minimum Gasteiger partial charge on any atom is -0.352 e. The molecule has 0 aliphatic carbocycles. The van der Waals surface area contributed by atoms with Crippen LogP contribution >= 0.6 is 12.2 Å². The number of rotatable bonds is 7. The molecule has 0 radical (unpaired) electrons. The number of anilines is 1. The van der Waals surface area contributed by atoms with Crippen molar-refractivity contribution in [3.05, 3.63) is 127 Å². The molecule has 3 heterocycles. The zero-order valence-corrected chi connectivity index (χ0v) is 21.8. The van der Waals surface area contributed by atoms with Gasteiger partial charge in [0.1, 0.15) is 5.82 Å². The van der Waals surface area contributed by atoms with Gasteiger partial charge in [-0.05, 0) is 83.7 Å². The number of fused-ring (bicyclic) bond motifs is 1. The largest absolute Gasteiger partial charge is 0.352 e. The van der Waals surface area contributed by atoms with Crippen LogP contribution in [0.2, 0.25) is 0 Å². The third-order valence-electron chi connectivity index (χ3n) is 7.00. The molecule has 3 aromatic carbocycles. The van der Waals surface area contributed by atoms with Gasteiger partial charge >= 0.3 is 0 Å². The number of carbonyl (C=O) groups is 1. The minimum atomic E-state index is -0.348. The summed E-state index contributed by atoms with van der Waals surface area (Å²) in [5.74, 6) is -0.520. The van der Waals surface area contributed by atoms with E-state index in [1.165, 1.54) is 17.5 Å². The number of amides is 1. The number of aromatic nitrogens is 2. The molecule has 1 amide bonds. The number of hydrogen-bond donors (Lipinski definition) is 2. The molecule has 2 aromatic heterocycles. The Kier molecular flexibility index (Phi) is 6.77. The zero-order valence-electron chi connectivity index (χ0n) is 21.0. The monoisotopic (exact) mass is 535 g/mol. The van der Waals surface area contributed by atoms with Crippen molar-refractivity contribution in [1.29, 1.82) is 0 Å². The average Bonchev–Trinajstić information content (AvgIpc) is 3.57. The number of nitrogens with zero attached hydrogens (tertiary/aromatic N) is 3. The van der Waals surface area contributed by atoms with Gasteiger partial charge in [-0.3, -0.25) is 9.78 Å². The fourth-order valence-corrected chi connectivity index (χ4v) is 5.48. The highest BCUT2D eigenvalue weighted by atomic mass is 32.1. The summed E-state index contributed by atoms with van der Waals surface area (Å²) in [6.45, 7) is 0.399. The van der Waals surface area contributed by atoms with Crippen LogP contribution in [0.5, 0.6) is 0 Å². The number of carbonyl (C=O) groups excluding carboxylic acids is 1. The van der Waals surface area contributed by atoms with Gasteiger partial charge in [-0.25, -0.2) is 4.39 Å². The summed E-state index contributed by atoms with van der Waals surface area (Å²) in [6, 6.07) is 30.0. The molecular weight excluding hydrogens is 509 g/mol. The molecule has 194 valence electrons. The lowest BCUT2D eigenvalue weighted by molar-refractivity contribution is -0.116. The zero-order chi connectivity index (χ0) is 26.8. The van der Waals surface area contributed by atoms with E-state index in [1.807, 2.05) is 36.4 Å². The van der Waals surface area contributed by atoms with E-state index in [1.54, 1.807) is 18.3 Å². The molecule has 0 bridgehead atoms. The van der Waals surface area contributed by atoms with Crippen LogP contribution in [0.3, 0.4) is 0 Å². The predicted octanol–water partition coefficient (Wildman–Crippen LogP) is 6.17. The predicted molar refractivity (Wildman–Crippen MR) is 155 cm³/mol. The second-order valence-corrected chi connectivity index (χ2v) is 9.85. The fraction of sp³-hybridized carbons (Fsp3) is 0.129. The van der Waals surface area contributed by atoms with Crippen LogP contribution in [-0.4, -0.2) is 32.0 Å². The van der Waals surface area contributed by atoms with E-state index in [0.29, 0.717) is 17.3 Å². The van der Waals surface area contributed by atoms with E-state index in [0.717, 1.165) is 22.5 Å². The second-order valence-electron chi connectivity index (χ2n) is 9.46. The summed E-state index contributed by atoms with van der Waals surface area (Å²) >= 11 is 5.79. The summed E-state index contributed by atoms with van der Waals surface area (Å²) in [5.41, 5.74) is 3.50. The van der Waals surface area contributed by atoms with Crippen LogP contribution in [0.1, 0.15) is 29.9 Å². The highest BCUT2D eigenvalue weighted by molar-refractivity contribution is 7.80. The van der Waals surface area contributed by atoms with Gasteiger partial charge in [0.25, 0.3) is 0 Å². The number of nitrogens with one attached hydrogen (secondary N) is 2. The van der Waals surface area contributed by atoms with E-state index in [-0.39, 0.29) is 30.2 Å². The first kappa shape index (κ1) is 24.8. The molecule has 1 fully saturated rings. The fourth-order valence-electron chi connectivity index (χ4n) is 5.14. The van der Waals surface area contributed by atoms with Crippen molar-refractivity contribution < 1.29 is 9.18 Å². The van der Waals surface area contributed by atoms with Gasteiger partial charge in [0, 0.05) is 42.4 Å². The molecule has 2 N–H and O–H groups in total. The van der Waals surface area contributed by atoms with Gasteiger partial charge in [0.15, 0.2) is 5.11 Å². The van der Waals surface area contributed by atoms with Crippen molar-refractivity contribution in [3.63, 3.8) is 0 Å². The number of benzene rings is 3. The van der Waals surface area contributed by atoms with E-state index in [9.17, 15) is 9.18 Å². The Bertz CT molecular complexity index is 1640. The molecule has 2 atom stereocenters. The Morgan fingerprint density at radius 2 is 1.74 bits per heavy atom. The third-order valence-corrected chi connectivity index (χ3v) is 7.35. The first-order valence-electron chi connectivity index (χ1n) is 12.8. The maximum atomic E-state index is 13.3. The normalized spacial score (nSPS) is 16.8. The van der Waals surface area contributed by atoms with Crippen LogP contribution in [0, 0.1) is 5.82 Å². The Hall–Kier alpha value is -4.56. The molecule has 1 aliphatic rings. The van der Waals surface area contributed by atoms with Crippen molar-refractivity contribution in [3.8, 4) is 5.69 Å². The maximum Gasteiger partial charge on any atom is 0.226 e. The molecular formula is C31H26FN5OS. The standard InChI is InChI=1S/C31H26FN5OS/c32-23-11-13-24(14-12-23)34-28(38)16-19-37-30(29(35-31(37)39)26-8-3-4-17-33-26)27-9-5-18-36(27)25-15-10-21-6-1-2-7-22(21)20-25/h1-15,17-18,20,29-30H,16,19H2,(H,34,38)(H,35,39)/t29-,30+/m0/s1. The smallest absolute Gasteiger partial charge is 0.226 e. The lowest BCUT2D eigenvalue weighted by Crippen LogP contribution is -2.33. The van der Waals surface area contributed by atoms with Crippen molar-refractivity contribution in [2.45, 2.75) is 18.5 Å². The summed E-state index contributed by atoms with van der Waals surface area (Å²) < 4.78 is 15.4. The van der Waals surface area contributed by atoms with Crippen molar-refractivity contribution in [1.82, 2.24) is 19.8 Å². The quantitative estimate of drug-likeness (QED) is 0.244. The second kappa shape index (κ2) is 10.7. The SMILES string of the molecule is O=C(CCN1C(=S)N[C@@H](c2ccccn2)[C@H]1c1cccn1-c1ccc2ccccc2c1)Nc1ccc(F)cc1. The molecule has 39 heavy (non-hydrogen) atoms. The molecule has 6 nitrogen and oxygen atoms in total. The van der Waals surface area contributed by atoms with Crippen LogP contribution in [-0.2, 0) is 4.79 Å². The minimum absolute atomic E-state index is 0.172. The molecule has 0 unspecified atom stereocenters. The van der Waals surface area contributed by atoms with Gasteiger partial charge < -0.3 is 20.1 Å². The van der Waals surface area contributed by atoms with Crippen LogP contribution in [0.4, 0.5) is 10.1 Å². The molecule has 0 spiro atoms. The molecule has 1 aliphatic heterocycles. The van der Waals surface area contributed by atoms with E-state index in [2.05, 4.69) is 67.7 Å². The molecule has 6 rings (SSSR count). The van der Waals surface area contributed by atoms with Crippen molar-refractivity contribution in [2.75, 3.05) is 11.9 Å². The molecule has 1 saturated heterocycles. The number of thiocarbonyl (C=S) groups is 1. The first-order chi connectivity index (χ1) is 19.1. The lowest BCUT2D eigenvalue weighted by Gasteiger charge is -2.29. The van der Waals surface area contributed by atoms with Gasteiger partial charge in [0.05, 0.1) is 17.8 Å². The van der Waals surface area contributed by atoms with Crippen molar-refractivity contribution in [2.24, 2.45) is 0 Å². The topological polar surface area (TPSA) is 62.2 Å². The molecule has 5 aromatic rings. The third kappa shape index (κ3) is 5.11. The van der Waals surface area contributed by atoms with Gasteiger partial charge in [-0.1, -0.05) is 36.4 Å². The van der Waals surface area contributed by atoms with E-state index < -0.39 is 0 Å². The Balaban J connectivity index is 1.32. The Morgan fingerprint density at radius 3 is 2.54 bits per heavy atom. The Morgan fingerprint density at radius 1 is 0.949 bits per heavy atom. The highest BCUT2D eigenvalue weighted by Gasteiger charge is 2.41. The summed E-state index contributed by atoms with van der Waals surface area (Å²) in [6.07, 6.45) is 4.04. The van der Waals surface area contributed by atoms with Crippen LogP contribution < -0.4 is 10.6 Å². The first-order valence-corrected chi connectivity index (χ1v) is 13.2. The van der Waals surface area contributed by atoms with Gasteiger partial charge in [0.2, 0.25) is 5.91 Å². The Labute approximate surface area is 231 Å². The highest BCUT2D eigenvalue weighted by Crippen LogP contribution is 2.39.